The standard InChI is InChI=1S/C23H21Br2N3O5S/c1-4-32-18-9-13(7-14-21(30)27-23(34)28-22(14)31)8-16(25)20(18)33-10-19(29)26-17-6-12(3)11(2)5-15(17)24/h5-9H,4,10H2,1-3H3,(H,26,29)(H2,27,28,30,31,34). The minimum absolute atomic E-state index is 0.0433. The number of aryl methyl sites for hydroxylation is 2. The van der Waals surface area contributed by atoms with Crippen LogP contribution in [0.4, 0.5) is 5.69 Å². The maximum absolute atomic E-state index is 12.5. The van der Waals surface area contributed by atoms with Gasteiger partial charge in [0.2, 0.25) is 0 Å². The number of halogens is 2. The van der Waals surface area contributed by atoms with Gasteiger partial charge >= 0.3 is 0 Å². The molecule has 1 saturated heterocycles. The second-order valence-corrected chi connectivity index (χ2v) is 9.43. The van der Waals surface area contributed by atoms with Crippen LogP contribution in [-0.2, 0) is 14.4 Å². The van der Waals surface area contributed by atoms with Crippen LogP contribution in [-0.4, -0.2) is 36.0 Å². The first-order valence-corrected chi connectivity index (χ1v) is 12.1. The van der Waals surface area contributed by atoms with Crippen LogP contribution in [0.15, 0.2) is 38.8 Å². The number of anilines is 1. The van der Waals surface area contributed by atoms with Gasteiger partial charge in [-0.15, -0.1) is 0 Å². The minimum Gasteiger partial charge on any atom is -0.490 e. The predicted octanol–water partition coefficient (Wildman–Crippen LogP) is 4.16. The smallest absolute Gasteiger partial charge is 0.263 e. The number of amides is 3. The molecule has 1 fully saturated rings. The molecule has 1 aliphatic rings. The topological polar surface area (TPSA) is 106 Å². The fourth-order valence-electron chi connectivity index (χ4n) is 3.05. The Hall–Kier alpha value is -2.76. The lowest BCUT2D eigenvalue weighted by Crippen LogP contribution is -2.51. The first-order chi connectivity index (χ1) is 16.1. The SMILES string of the molecule is CCOc1cc(C=C2C(=O)NC(=S)NC2=O)cc(Br)c1OCC(=O)Nc1cc(C)c(C)cc1Br. The summed E-state index contributed by atoms with van der Waals surface area (Å²) in [6, 6.07) is 7.08. The molecule has 0 radical (unpaired) electrons. The van der Waals surface area contributed by atoms with E-state index in [1.807, 2.05) is 26.0 Å². The number of carbonyl (C=O) groups excluding carboxylic acids is 3. The molecule has 1 aliphatic heterocycles. The summed E-state index contributed by atoms with van der Waals surface area (Å²) >= 11 is 11.7. The van der Waals surface area contributed by atoms with E-state index in [9.17, 15) is 14.4 Å². The maximum atomic E-state index is 12.5. The lowest BCUT2D eigenvalue weighted by Gasteiger charge is -2.17. The van der Waals surface area contributed by atoms with Crippen LogP contribution < -0.4 is 25.4 Å². The molecule has 34 heavy (non-hydrogen) atoms. The van der Waals surface area contributed by atoms with Crippen molar-refractivity contribution in [2.75, 3.05) is 18.5 Å². The molecule has 0 spiro atoms. The molecule has 178 valence electrons. The number of hydrogen-bond acceptors (Lipinski definition) is 6. The van der Waals surface area contributed by atoms with E-state index in [0.29, 0.717) is 33.8 Å². The number of thiocarbonyl (C=S) groups is 1. The molecule has 3 rings (SSSR count). The van der Waals surface area contributed by atoms with Crippen molar-refractivity contribution in [3.8, 4) is 11.5 Å². The first-order valence-electron chi connectivity index (χ1n) is 10.1. The summed E-state index contributed by atoms with van der Waals surface area (Å²) in [6.45, 7) is 5.82. The van der Waals surface area contributed by atoms with Gasteiger partial charge in [0.25, 0.3) is 17.7 Å². The Morgan fingerprint density at radius 1 is 1.03 bits per heavy atom. The van der Waals surface area contributed by atoms with Crippen molar-refractivity contribution in [2.24, 2.45) is 0 Å². The number of hydrogen-bond donors (Lipinski definition) is 3. The molecule has 3 N–H and O–H groups in total. The second kappa shape index (κ2) is 11.1. The van der Waals surface area contributed by atoms with Gasteiger partial charge in [-0.05, 0) is 112 Å². The molecule has 0 aromatic heterocycles. The van der Waals surface area contributed by atoms with E-state index in [0.717, 1.165) is 15.6 Å². The number of carbonyl (C=O) groups is 3. The highest BCUT2D eigenvalue weighted by Crippen LogP contribution is 2.37. The van der Waals surface area contributed by atoms with Crippen LogP contribution in [0.2, 0.25) is 0 Å². The highest BCUT2D eigenvalue weighted by Gasteiger charge is 2.26. The van der Waals surface area contributed by atoms with Crippen molar-refractivity contribution in [3.05, 3.63) is 55.5 Å². The average molecular weight is 611 g/mol. The molecule has 0 unspecified atom stereocenters. The summed E-state index contributed by atoms with van der Waals surface area (Å²) in [5.74, 6) is -0.890. The maximum Gasteiger partial charge on any atom is 0.263 e. The summed E-state index contributed by atoms with van der Waals surface area (Å²) < 4.78 is 12.7. The van der Waals surface area contributed by atoms with E-state index in [4.69, 9.17) is 21.7 Å². The van der Waals surface area contributed by atoms with Gasteiger partial charge in [-0.25, -0.2) is 0 Å². The van der Waals surface area contributed by atoms with Crippen LogP contribution in [0.25, 0.3) is 6.08 Å². The van der Waals surface area contributed by atoms with E-state index in [2.05, 4.69) is 47.8 Å². The van der Waals surface area contributed by atoms with E-state index < -0.39 is 11.8 Å². The Labute approximate surface area is 218 Å². The van der Waals surface area contributed by atoms with Gasteiger partial charge < -0.3 is 14.8 Å². The van der Waals surface area contributed by atoms with Gasteiger partial charge in [0.1, 0.15) is 5.57 Å². The number of benzene rings is 2. The van der Waals surface area contributed by atoms with Gasteiger partial charge in [-0.1, -0.05) is 0 Å². The molecule has 0 saturated carbocycles. The average Bonchev–Trinajstić information content (AvgIpc) is 2.74. The number of rotatable bonds is 7. The Morgan fingerprint density at radius 3 is 2.32 bits per heavy atom. The van der Waals surface area contributed by atoms with Crippen LogP contribution in [0, 0.1) is 13.8 Å². The van der Waals surface area contributed by atoms with Crippen molar-refractivity contribution in [1.82, 2.24) is 10.6 Å². The third-order valence-corrected chi connectivity index (χ3v) is 6.24. The second-order valence-electron chi connectivity index (χ2n) is 7.31. The molecule has 1 heterocycles. The molecule has 11 heteroatoms. The predicted molar refractivity (Wildman–Crippen MR) is 140 cm³/mol. The molecule has 2 aromatic rings. The molecule has 3 amide bonds. The zero-order valence-corrected chi connectivity index (χ0v) is 22.5. The first kappa shape index (κ1) is 25.9. The molecular weight excluding hydrogens is 590 g/mol. The molecule has 0 atom stereocenters. The van der Waals surface area contributed by atoms with E-state index in [1.165, 1.54) is 6.08 Å². The Bertz CT molecular complexity index is 1210. The van der Waals surface area contributed by atoms with E-state index in [-0.39, 0.29) is 23.2 Å². The van der Waals surface area contributed by atoms with Crippen molar-refractivity contribution in [2.45, 2.75) is 20.8 Å². The highest BCUT2D eigenvalue weighted by atomic mass is 79.9. The summed E-state index contributed by atoms with van der Waals surface area (Å²) in [5, 5.41) is 7.55. The third-order valence-electron chi connectivity index (χ3n) is 4.79. The fourth-order valence-corrected chi connectivity index (χ4v) is 4.36. The van der Waals surface area contributed by atoms with Gasteiger partial charge in [-0.2, -0.15) is 0 Å². The summed E-state index contributed by atoms with van der Waals surface area (Å²) in [4.78, 5) is 36.8. The zero-order valence-electron chi connectivity index (χ0n) is 18.5. The van der Waals surface area contributed by atoms with Crippen LogP contribution in [0.5, 0.6) is 11.5 Å². The van der Waals surface area contributed by atoms with Gasteiger partial charge in [-0.3, -0.25) is 25.0 Å². The quantitative estimate of drug-likeness (QED) is 0.247. The van der Waals surface area contributed by atoms with Crippen LogP contribution >= 0.6 is 44.1 Å². The molecule has 8 nitrogen and oxygen atoms in total. The largest absolute Gasteiger partial charge is 0.490 e. The number of ether oxygens (including phenoxy) is 2. The van der Waals surface area contributed by atoms with Crippen LogP contribution in [0.3, 0.4) is 0 Å². The summed E-state index contributed by atoms with van der Waals surface area (Å²) in [7, 11) is 0. The van der Waals surface area contributed by atoms with Gasteiger partial charge in [0.15, 0.2) is 23.2 Å². The van der Waals surface area contributed by atoms with Crippen LogP contribution in [0.1, 0.15) is 23.6 Å². The molecular formula is C23H21Br2N3O5S. The normalized spacial score (nSPS) is 13.2. The van der Waals surface area contributed by atoms with Crippen molar-refractivity contribution >= 4 is 78.7 Å². The van der Waals surface area contributed by atoms with Crippen molar-refractivity contribution in [1.29, 1.82) is 0 Å². The summed E-state index contributed by atoms with van der Waals surface area (Å²) in [5.41, 5.74) is 3.21. The lowest BCUT2D eigenvalue weighted by atomic mass is 10.1. The number of nitrogens with one attached hydrogen (secondary N) is 3. The van der Waals surface area contributed by atoms with Crippen molar-refractivity contribution in [3.63, 3.8) is 0 Å². The van der Waals surface area contributed by atoms with Gasteiger partial charge in [0, 0.05) is 4.47 Å². The zero-order chi connectivity index (χ0) is 25.0. The van der Waals surface area contributed by atoms with E-state index >= 15 is 0 Å². The Balaban J connectivity index is 1.79. The van der Waals surface area contributed by atoms with E-state index in [1.54, 1.807) is 19.1 Å². The highest BCUT2D eigenvalue weighted by molar-refractivity contribution is 9.11. The molecule has 0 bridgehead atoms. The monoisotopic (exact) mass is 609 g/mol. The third kappa shape index (κ3) is 6.22. The molecule has 2 aromatic carbocycles. The fraction of sp³-hybridized carbons (Fsp3) is 0.217. The Kier molecular flexibility index (Phi) is 8.45. The van der Waals surface area contributed by atoms with Gasteiger partial charge in [0.05, 0.1) is 16.8 Å². The minimum atomic E-state index is -0.600. The lowest BCUT2D eigenvalue weighted by molar-refractivity contribution is -0.123. The summed E-state index contributed by atoms with van der Waals surface area (Å²) in [6.07, 6.45) is 1.41. The van der Waals surface area contributed by atoms with Crippen molar-refractivity contribution < 1.29 is 23.9 Å². The Morgan fingerprint density at radius 2 is 1.68 bits per heavy atom. The molecule has 0 aliphatic carbocycles.